The summed E-state index contributed by atoms with van der Waals surface area (Å²) in [5.74, 6) is 0.624. The number of aliphatic hydroxyl groups excluding tert-OH is 1. The molecule has 1 aromatic heterocycles. The van der Waals surface area contributed by atoms with Crippen LogP contribution in [0.25, 0.3) is 5.69 Å². The first-order valence-electron chi connectivity index (χ1n) is 15.1. The van der Waals surface area contributed by atoms with Gasteiger partial charge in [-0.1, -0.05) is 12.1 Å². The van der Waals surface area contributed by atoms with Crippen LogP contribution in [0, 0.1) is 5.92 Å². The highest BCUT2D eigenvalue weighted by Crippen LogP contribution is 2.33. The number of hydrogen-bond acceptors (Lipinski definition) is 8. The minimum atomic E-state index is -1.35. The van der Waals surface area contributed by atoms with Crippen LogP contribution in [0.2, 0.25) is 0 Å². The number of urea groups is 1. The van der Waals surface area contributed by atoms with Crippen LogP contribution >= 0.6 is 0 Å². The summed E-state index contributed by atoms with van der Waals surface area (Å²) >= 11 is 0. The number of anilines is 1. The van der Waals surface area contributed by atoms with E-state index in [0.717, 1.165) is 44.7 Å². The summed E-state index contributed by atoms with van der Waals surface area (Å²) < 4.78 is 1.46. The smallest absolute Gasteiger partial charge is 0.354 e. The fraction of sp³-hybridized carbons (Fsp3) is 0.600. The van der Waals surface area contributed by atoms with Crippen LogP contribution in [-0.4, -0.2) is 98.2 Å². The van der Waals surface area contributed by atoms with Crippen LogP contribution in [-0.2, 0) is 11.3 Å². The number of carbonyl (C=O) groups excluding carboxylic acids is 2. The lowest BCUT2D eigenvalue weighted by Gasteiger charge is -2.37. The van der Waals surface area contributed by atoms with E-state index >= 15 is 0 Å². The fourth-order valence-corrected chi connectivity index (χ4v) is 5.84. The molecule has 0 radical (unpaired) electrons. The van der Waals surface area contributed by atoms with Crippen molar-refractivity contribution in [2.24, 2.45) is 17.4 Å². The van der Waals surface area contributed by atoms with Gasteiger partial charge in [0.05, 0.1) is 12.3 Å². The third kappa shape index (κ3) is 7.35. The largest absolute Gasteiger partial charge is 0.394 e. The van der Waals surface area contributed by atoms with Crippen molar-refractivity contribution in [3.8, 4) is 5.69 Å². The molecule has 1 aromatic carbocycles. The second-order valence-corrected chi connectivity index (χ2v) is 12.4. The number of rotatable bonds is 9. The Labute approximate surface area is 246 Å². The molecule has 3 amide bonds. The molecule has 6 N–H and O–H groups in total. The maximum absolute atomic E-state index is 12.9. The second-order valence-electron chi connectivity index (χ2n) is 12.4. The lowest BCUT2D eigenvalue weighted by Crippen LogP contribution is -2.60. The zero-order chi connectivity index (χ0) is 29.9. The number of aromatic nitrogens is 2. The molecule has 2 aliphatic carbocycles. The van der Waals surface area contributed by atoms with Gasteiger partial charge in [-0.2, -0.15) is 4.98 Å². The second kappa shape index (κ2) is 12.9. The average molecular weight is 581 g/mol. The molecule has 5 rings (SSSR count). The van der Waals surface area contributed by atoms with Crippen molar-refractivity contribution in [1.82, 2.24) is 24.3 Å². The molecule has 2 saturated carbocycles. The number of benzene rings is 1. The number of amides is 3. The first-order valence-corrected chi connectivity index (χ1v) is 15.1. The lowest BCUT2D eigenvalue weighted by atomic mass is 9.90. The summed E-state index contributed by atoms with van der Waals surface area (Å²) in [5, 5.41) is 12.0. The van der Waals surface area contributed by atoms with Gasteiger partial charge in [0.15, 0.2) is 0 Å². The molecule has 12 heteroatoms. The zero-order valence-corrected chi connectivity index (χ0v) is 24.5. The van der Waals surface area contributed by atoms with Crippen LogP contribution in [0.1, 0.15) is 51.0 Å². The predicted octanol–water partition coefficient (Wildman–Crippen LogP) is 1.10. The molecule has 1 aliphatic heterocycles. The number of aliphatic hydroxyl groups is 1. The van der Waals surface area contributed by atoms with E-state index in [0.29, 0.717) is 44.0 Å². The van der Waals surface area contributed by atoms with E-state index in [9.17, 15) is 19.5 Å². The SMILES string of the molecule is CC(N)(CO)C(=O)N1CCN(C(=O)Nc2ccn(-c3ccc(CN(CC4CC4)C4CCC(N)CC4)cc3)c(=O)n2)CC1. The third-order valence-corrected chi connectivity index (χ3v) is 8.76. The van der Waals surface area contributed by atoms with Crippen molar-refractivity contribution in [1.29, 1.82) is 0 Å². The van der Waals surface area contributed by atoms with Gasteiger partial charge in [0.2, 0.25) is 5.91 Å². The number of nitrogens with zero attached hydrogens (tertiary/aromatic N) is 5. The van der Waals surface area contributed by atoms with Crippen LogP contribution in [0.4, 0.5) is 10.6 Å². The van der Waals surface area contributed by atoms with Crippen molar-refractivity contribution in [3.63, 3.8) is 0 Å². The van der Waals surface area contributed by atoms with Crippen molar-refractivity contribution in [3.05, 3.63) is 52.6 Å². The number of carbonyl (C=O) groups is 2. The molecule has 1 unspecified atom stereocenters. The maximum atomic E-state index is 12.9. The average Bonchev–Trinajstić information content (AvgIpc) is 3.82. The Morgan fingerprint density at radius 1 is 1.02 bits per heavy atom. The molecule has 2 aromatic rings. The van der Waals surface area contributed by atoms with Gasteiger partial charge in [-0.3, -0.25) is 19.6 Å². The lowest BCUT2D eigenvalue weighted by molar-refractivity contribution is -0.139. The highest BCUT2D eigenvalue weighted by molar-refractivity contribution is 5.89. The van der Waals surface area contributed by atoms with Gasteiger partial charge in [-0.25, -0.2) is 9.59 Å². The number of piperazine rings is 1. The van der Waals surface area contributed by atoms with Crippen LogP contribution in [0.5, 0.6) is 0 Å². The standard InChI is InChI=1S/C30H44N8O4/c1-30(32,20-39)27(40)35-14-16-36(17-15-35)28(41)33-26-12-13-38(29(42)34-26)25-8-4-22(5-9-25)19-37(18-21-2-3-21)24-10-6-23(31)7-11-24/h4-5,8-9,12-13,21,23-24,39H,2-3,6-7,10-11,14-20,31-32H2,1H3,(H,33,34,41,42). The van der Waals surface area contributed by atoms with Crippen molar-refractivity contribution >= 4 is 17.8 Å². The van der Waals surface area contributed by atoms with Gasteiger partial charge in [0.1, 0.15) is 11.4 Å². The summed E-state index contributed by atoms with van der Waals surface area (Å²) in [7, 11) is 0. The summed E-state index contributed by atoms with van der Waals surface area (Å²) in [6, 6.07) is 10.1. The van der Waals surface area contributed by atoms with Gasteiger partial charge < -0.3 is 26.4 Å². The minimum absolute atomic E-state index is 0.161. The summed E-state index contributed by atoms with van der Waals surface area (Å²) in [5.41, 5.74) is 12.1. The molecule has 1 atom stereocenters. The van der Waals surface area contributed by atoms with Gasteiger partial charge in [-0.15, -0.1) is 0 Å². The Kier molecular flexibility index (Phi) is 9.26. The minimum Gasteiger partial charge on any atom is -0.394 e. The Hall–Kier alpha value is -3.32. The molecule has 3 fully saturated rings. The fourth-order valence-electron chi connectivity index (χ4n) is 5.84. The maximum Gasteiger partial charge on any atom is 0.354 e. The Bertz CT molecular complexity index is 1290. The Morgan fingerprint density at radius 2 is 1.67 bits per heavy atom. The summed E-state index contributed by atoms with van der Waals surface area (Å²) in [4.78, 5) is 47.9. The van der Waals surface area contributed by atoms with Gasteiger partial charge >= 0.3 is 11.7 Å². The first kappa shape index (κ1) is 30.1. The molecular formula is C30H44N8O4. The molecule has 2 heterocycles. The van der Waals surface area contributed by atoms with Gasteiger partial charge in [0, 0.05) is 57.5 Å². The van der Waals surface area contributed by atoms with E-state index in [1.165, 1.54) is 29.9 Å². The number of nitrogens with one attached hydrogen (secondary N) is 1. The summed E-state index contributed by atoms with van der Waals surface area (Å²) in [6.07, 6.45) is 8.76. The van der Waals surface area contributed by atoms with Crippen molar-refractivity contribution in [2.45, 2.75) is 69.6 Å². The van der Waals surface area contributed by atoms with Crippen LogP contribution < -0.4 is 22.5 Å². The first-order chi connectivity index (χ1) is 20.1. The molecular weight excluding hydrogens is 536 g/mol. The molecule has 228 valence electrons. The predicted molar refractivity (Wildman–Crippen MR) is 160 cm³/mol. The number of hydrogen-bond donors (Lipinski definition) is 4. The van der Waals surface area contributed by atoms with E-state index in [2.05, 4.69) is 27.3 Å². The summed E-state index contributed by atoms with van der Waals surface area (Å²) in [6.45, 7) is 4.27. The number of nitrogens with two attached hydrogens (primary N) is 2. The normalized spacial score (nSPS) is 22.6. The monoisotopic (exact) mass is 580 g/mol. The van der Waals surface area contributed by atoms with E-state index in [4.69, 9.17) is 11.5 Å². The van der Waals surface area contributed by atoms with E-state index in [1.54, 1.807) is 22.1 Å². The van der Waals surface area contributed by atoms with Crippen LogP contribution in [0.3, 0.4) is 0 Å². The van der Waals surface area contributed by atoms with Crippen LogP contribution in [0.15, 0.2) is 41.3 Å². The molecule has 0 bridgehead atoms. The molecule has 0 spiro atoms. The molecule has 42 heavy (non-hydrogen) atoms. The highest BCUT2D eigenvalue weighted by Gasteiger charge is 2.34. The Morgan fingerprint density at radius 3 is 2.26 bits per heavy atom. The third-order valence-electron chi connectivity index (χ3n) is 8.76. The molecule has 3 aliphatic rings. The van der Waals surface area contributed by atoms with E-state index < -0.39 is 23.9 Å². The Balaban J connectivity index is 1.16. The van der Waals surface area contributed by atoms with E-state index in [-0.39, 0.29) is 11.7 Å². The quantitative estimate of drug-likeness (QED) is 0.343. The topological polar surface area (TPSA) is 163 Å². The van der Waals surface area contributed by atoms with E-state index in [1.807, 2.05) is 12.1 Å². The van der Waals surface area contributed by atoms with Crippen molar-refractivity contribution in [2.75, 3.05) is 44.6 Å². The van der Waals surface area contributed by atoms with Gasteiger partial charge in [-0.05, 0) is 75.1 Å². The highest BCUT2D eigenvalue weighted by atomic mass is 16.3. The zero-order valence-electron chi connectivity index (χ0n) is 24.5. The molecule has 12 nitrogen and oxygen atoms in total. The molecule has 1 saturated heterocycles. The van der Waals surface area contributed by atoms with Crippen molar-refractivity contribution < 1.29 is 14.7 Å². The van der Waals surface area contributed by atoms with Gasteiger partial charge in [0.25, 0.3) is 0 Å².